The monoisotopic (exact) mass is 198 g/mol. The van der Waals surface area contributed by atoms with Crippen LogP contribution in [0.1, 0.15) is 0 Å². The Hall–Kier alpha value is 0.0295. The summed E-state index contributed by atoms with van der Waals surface area (Å²) in [5.74, 6) is 0. The summed E-state index contributed by atoms with van der Waals surface area (Å²) in [6, 6.07) is 0. The van der Waals surface area contributed by atoms with E-state index in [9.17, 15) is 4.21 Å². The normalized spacial score (nSPS) is 10.2. The van der Waals surface area contributed by atoms with Crippen molar-refractivity contribution in [1.82, 2.24) is 0 Å². The molecule has 7 heteroatoms. The molecule has 9 heavy (non-hydrogen) atoms. The van der Waals surface area contributed by atoms with E-state index >= 15 is 0 Å². The SMILES string of the molecule is CS(C)=O.[O]=[Mn](=[O])(=[O])[OH]. The van der Waals surface area contributed by atoms with E-state index in [1.165, 1.54) is 0 Å². The molecule has 0 aliphatic rings. The number of hydrogen-bond acceptors (Lipinski definition) is 4. The maximum absolute atomic E-state index is 9.56. The van der Waals surface area contributed by atoms with Gasteiger partial charge in [-0.1, -0.05) is 0 Å². The van der Waals surface area contributed by atoms with Crippen molar-refractivity contribution in [1.29, 1.82) is 0 Å². The van der Waals surface area contributed by atoms with Crippen LogP contribution in [0.4, 0.5) is 0 Å². The van der Waals surface area contributed by atoms with Gasteiger partial charge in [-0.15, -0.1) is 0 Å². The molecule has 0 aliphatic carbocycles. The molecule has 0 spiro atoms. The summed E-state index contributed by atoms with van der Waals surface area (Å²) in [6.45, 7) is 0. The fraction of sp³-hybridized carbons (Fsp3) is 1.00. The molecule has 0 aromatic rings. The Morgan fingerprint density at radius 1 is 1.22 bits per heavy atom. The van der Waals surface area contributed by atoms with Gasteiger partial charge in [0.2, 0.25) is 0 Å². The summed E-state index contributed by atoms with van der Waals surface area (Å²) >= 11 is -5.38. The molecule has 0 saturated carbocycles. The van der Waals surface area contributed by atoms with Crippen LogP contribution in [0.5, 0.6) is 0 Å². The van der Waals surface area contributed by atoms with Crippen molar-refractivity contribution in [3.8, 4) is 0 Å². The van der Waals surface area contributed by atoms with Gasteiger partial charge in [0.05, 0.1) is 0 Å². The molecular weight excluding hydrogens is 191 g/mol. The zero-order valence-electron chi connectivity index (χ0n) is 4.87. The minimum absolute atomic E-state index is 0.611. The van der Waals surface area contributed by atoms with Gasteiger partial charge in [0, 0.05) is 23.3 Å². The molecule has 0 aromatic heterocycles. The predicted molar refractivity (Wildman–Crippen MR) is 24.3 cm³/mol. The summed E-state index contributed by atoms with van der Waals surface area (Å²) < 4.78 is 42.6. The Morgan fingerprint density at radius 2 is 1.22 bits per heavy atom. The standard InChI is InChI=1S/C2H6OS.Mn.H2O.3O/c1-4(2)3;;;;;/h1-2H3;;1H2;;;/q;+1;;;;/p-1. The first-order valence-corrected chi connectivity index (χ1v) is 5.56. The van der Waals surface area contributed by atoms with E-state index < -0.39 is 23.8 Å². The molecule has 0 bridgehead atoms. The minimum atomic E-state index is -5.38. The van der Waals surface area contributed by atoms with Crippen LogP contribution >= 0.6 is 0 Å². The summed E-state index contributed by atoms with van der Waals surface area (Å²) in [5.41, 5.74) is 0. The van der Waals surface area contributed by atoms with E-state index in [0.29, 0.717) is 0 Å². The zero-order chi connectivity index (χ0) is 8.08. The molecule has 1 N–H and O–H groups in total. The molecule has 0 saturated heterocycles. The first-order chi connectivity index (χ1) is 3.73. The summed E-state index contributed by atoms with van der Waals surface area (Å²) in [6.07, 6.45) is 3.28. The molecule has 0 heterocycles. The average Bonchev–Trinajstić information content (AvgIpc) is 1.19. The van der Waals surface area contributed by atoms with Crippen LogP contribution in [-0.2, 0) is 35.3 Å². The van der Waals surface area contributed by atoms with E-state index in [1.807, 2.05) is 0 Å². The summed E-state index contributed by atoms with van der Waals surface area (Å²) in [4.78, 5) is 0. The van der Waals surface area contributed by atoms with Gasteiger partial charge in [-0.05, 0) is 0 Å². The van der Waals surface area contributed by atoms with Crippen LogP contribution in [0.15, 0.2) is 0 Å². The van der Waals surface area contributed by atoms with Crippen molar-refractivity contribution in [3.05, 3.63) is 0 Å². The summed E-state index contributed by atoms with van der Waals surface area (Å²) in [5, 5.41) is 0. The topological polar surface area (TPSA) is 88.5 Å². The molecule has 0 aromatic carbocycles. The molecule has 0 aliphatic heterocycles. The first-order valence-electron chi connectivity index (χ1n) is 1.62. The molecule has 0 unspecified atom stereocenters. The third-order valence-electron chi connectivity index (χ3n) is 0. The quantitative estimate of drug-likeness (QED) is 0.508. The Kier molecular flexibility index (Phi) is 6.37. The second-order valence-electron chi connectivity index (χ2n) is 1.14. The van der Waals surface area contributed by atoms with Crippen molar-refractivity contribution in [2.75, 3.05) is 12.5 Å². The van der Waals surface area contributed by atoms with Crippen molar-refractivity contribution in [3.63, 3.8) is 0 Å². The summed E-state index contributed by atoms with van der Waals surface area (Å²) in [7, 11) is -0.611. The first kappa shape index (κ1) is 11.8. The van der Waals surface area contributed by atoms with E-state index in [1.54, 1.807) is 12.5 Å². The van der Waals surface area contributed by atoms with E-state index in [2.05, 4.69) is 0 Å². The Bertz CT molecular complexity index is 200. The van der Waals surface area contributed by atoms with Crippen LogP contribution in [0, 0.1) is 0 Å². The predicted octanol–water partition coefficient (Wildman–Crippen LogP) is -0.921. The maximum atomic E-state index is 9.56. The van der Waals surface area contributed by atoms with Gasteiger partial charge >= 0.3 is 28.7 Å². The third-order valence-corrected chi connectivity index (χ3v) is 0. The van der Waals surface area contributed by atoms with Gasteiger partial charge in [-0.3, -0.25) is 4.21 Å². The van der Waals surface area contributed by atoms with Crippen molar-refractivity contribution in [2.45, 2.75) is 0 Å². The molecule has 0 amide bonds. The second kappa shape index (κ2) is 4.87. The van der Waals surface area contributed by atoms with Crippen molar-refractivity contribution < 1.29 is 32.9 Å². The van der Waals surface area contributed by atoms with Gasteiger partial charge in [0.1, 0.15) is 0 Å². The van der Waals surface area contributed by atoms with Gasteiger partial charge < -0.3 is 0 Å². The van der Waals surface area contributed by atoms with Crippen LogP contribution in [0.2, 0.25) is 0 Å². The molecular formula is C2H7MnO5S. The second-order valence-corrected chi connectivity index (χ2v) is 3.86. The molecule has 5 nitrogen and oxygen atoms in total. The molecule has 0 atom stereocenters. The average molecular weight is 198 g/mol. The number of hydrogen-bond donors (Lipinski definition) is 1. The Balaban J connectivity index is 0. The molecule has 0 fully saturated rings. The van der Waals surface area contributed by atoms with Crippen LogP contribution < -0.4 is 0 Å². The van der Waals surface area contributed by atoms with Crippen molar-refractivity contribution >= 4 is 10.8 Å². The fourth-order valence-corrected chi connectivity index (χ4v) is 0. The third kappa shape index (κ3) is 336000. The van der Waals surface area contributed by atoms with Crippen molar-refractivity contribution in [2.24, 2.45) is 0 Å². The molecule has 0 rings (SSSR count). The van der Waals surface area contributed by atoms with Crippen LogP contribution in [-0.4, -0.2) is 20.9 Å². The number of rotatable bonds is 0. The Morgan fingerprint density at radius 3 is 1.22 bits per heavy atom. The molecule has 0 radical (unpaired) electrons. The van der Waals surface area contributed by atoms with Gasteiger partial charge in [-0.2, -0.15) is 0 Å². The van der Waals surface area contributed by atoms with E-state index in [0.717, 1.165) is 0 Å². The zero-order valence-corrected chi connectivity index (χ0v) is 6.86. The fourth-order valence-electron chi connectivity index (χ4n) is 0. The van der Waals surface area contributed by atoms with Crippen LogP contribution in [0.25, 0.3) is 0 Å². The van der Waals surface area contributed by atoms with Gasteiger partial charge in [0.15, 0.2) is 0 Å². The molecule has 58 valence electrons. The Labute approximate surface area is 56.7 Å². The van der Waals surface area contributed by atoms with Gasteiger partial charge in [-0.25, -0.2) is 0 Å². The van der Waals surface area contributed by atoms with E-state index in [4.69, 9.17) is 15.7 Å². The van der Waals surface area contributed by atoms with Gasteiger partial charge in [0.25, 0.3) is 0 Å². The van der Waals surface area contributed by atoms with E-state index in [-0.39, 0.29) is 0 Å². The van der Waals surface area contributed by atoms with Crippen LogP contribution in [0.3, 0.4) is 0 Å².